The topological polar surface area (TPSA) is 103 Å². The van der Waals surface area contributed by atoms with Crippen molar-refractivity contribution in [2.75, 3.05) is 27.4 Å². The summed E-state index contributed by atoms with van der Waals surface area (Å²) in [6.45, 7) is 0.641. The van der Waals surface area contributed by atoms with Gasteiger partial charge in [-0.3, -0.25) is 4.79 Å². The number of hydrogen-bond acceptors (Lipinski definition) is 7. The smallest absolute Gasteiger partial charge is 0.408 e. The van der Waals surface area contributed by atoms with Crippen LogP contribution in [0.15, 0.2) is 78.9 Å². The van der Waals surface area contributed by atoms with Gasteiger partial charge in [-0.1, -0.05) is 66.7 Å². The molecule has 0 radical (unpaired) electrons. The van der Waals surface area contributed by atoms with Gasteiger partial charge in [-0.2, -0.15) is 0 Å². The number of likely N-dealkylation sites (tertiary alicyclic amines) is 1. The zero-order chi connectivity index (χ0) is 29.7. The number of piperidine rings is 1. The third kappa shape index (κ3) is 8.49. The van der Waals surface area contributed by atoms with Crippen molar-refractivity contribution >= 4 is 18.0 Å². The van der Waals surface area contributed by atoms with E-state index in [2.05, 4.69) is 5.32 Å². The number of rotatable bonds is 12. The van der Waals surface area contributed by atoms with Gasteiger partial charge in [-0.05, 0) is 48.1 Å². The monoisotopic (exact) mass is 574 g/mol. The molecule has 1 fully saturated rings. The summed E-state index contributed by atoms with van der Waals surface area (Å²) in [5.41, 5.74) is 2.65. The van der Waals surface area contributed by atoms with Crippen LogP contribution in [0, 0.1) is 0 Å². The average Bonchev–Trinajstić information content (AvgIpc) is 3.04. The molecule has 3 aromatic carbocycles. The Kier molecular flexibility index (Phi) is 11.2. The number of amides is 2. The van der Waals surface area contributed by atoms with Crippen LogP contribution in [0.4, 0.5) is 4.79 Å². The number of esters is 1. The molecular weight excluding hydrogens is 536 g/mol. The third-order valence-electron chi connectivity index (χ3n) is 7.23. The van der Waals surface area contributed by atoms with E-state index < -0.39 is 24.1 Å². The molecule has 1 heterocycles. The molecule has 9 heteroatoms. The lowest BCUT2D eigenvalue weighted by molar-refractivity contribution is -0.157. The molecule has 222 valence electrons. The minimum atomic E-state index is -0.907. The molecule has 2 atom stereocenters. The zero-order valence-corrected chi connectivity index (χ0v) is 24.1. The lowest BCUT2D eigenvalue weighted by Crippen LogP contribution is -2.56. The first-order valence-corrected chi connectivity index (χ1v) is 14.2. The first-order valence-electron chi connectivity index (χ1n) is 14.2. The average molecular weight is 575 g/mol. The van der Waals surface area contributed by atoms with E-state index in [-0.39, 0.29) is 25.5 Å². The van der Waals surface area contributed by atoms with Crippen molar-refractivity contribution < 1.29 is 33.3 Å². The molecule has 2 amide bonds. The minimum Gasteiger partial charge on any atom is -0.493 e. The summed E-state index contributed by atoms with van der Waals surface area (Å²) in [4.78, 5) is 41.4. The Bertz CT molecular complexity index is 1320. The van der Waals surface area contributed by atoms with Crippen molar-refractivity contribution in [1.29, 1.82) is 0 Å². The molecule has 1 saturated heterocycles. The fourth-order valence-corrected chi connectivity index (χ4v) is 5.00. The molecule has 42 heavy (non-hydrogen) atoms. The second-order valence-electron chi connectivity index (χ2n) is 10.1. The predicted octanol–water partition coefficient (Wildman–Crippen LogP) is 4.71. The molecule has 1 unspecified atom stereocenters. The van der Waals surface area contributed by atoms with Crippen molar-refractivity contribution in [3.8, 4) is 11.5 Å². The molecular formula is C33H38N2O7. The summed E-state index contributed by atoms with van der Waals surface area (Å²) in [5.74, 6) is 0.438. The highest BCUT2D eigenvalue weighted by atomic mass is 16.5. The summed E-state index contributed by atoms with van der Waals surface area (Å²) < 4.78 is 21.7. The van der Waals surface area contributed by atoms with Crippen molar-refractivity contribution in [1.82, 2.24) is 10.2 Å². The molecule has 3 aromatic rings. The van der Waals surface area contributed by atoms with Crippen molar-refractivity contribution in [3.63, 3.8) is 0 Å². The normalized spacial score (nSPS) is 15.3. The lowest BCUT2D eigenvalue weighted by Gasteiger charge is -2.36. The van der Waals surface area contributed by atoms with E-state index in [9.17, 15) is 14.4 Å². The maximum Gasteiger partial charge on any atom is 0.408 e. The van der Waals surface area contributed by atoms with Crippen molar-refractivity contribution in [3.05, 3.63) is 95.6 Å². The quantitative estimate of drug-likeness (QED) is 0.313. The second-order valence-corrected chi connectivity index (χ2v) is 10.1. The number of hydrogen-bond donors (Lipinski definition) is 1. The van der Waals surface area contributed by atoms with Crippen LogP contribution in [-0.2, 0) is 38.5 Å². The fraction of sp³-hybridized carbons (Fsp3) is 0.364. The molecule has 9 nitrogen and oxygen atoms in total. The largest absolute Gasteiger partial charge is 0.493 e. The van der Waals surface area contributed by atoms with Crippen molar-refractivity contribution in [2.45, 2.75) is 50.8 Å². The Balaban J connectivity index is 1.40. The Hall–Kier alpha value is -4.53. The standard InChI is InChI=1S/C33H38N2O7/c1-39-29-17-16-25(22-30(29)40-2)18-20-41-32(37)28-15-9-10-19-35(28)31(36)27(21-24-11-5-3-6-12-24)34-33(38)42-23-26-13-7-4-8-14-26/h3-8,11-14,16-17,22,27-28H,9-10,15,18-21,23H2,1-2H3,(H,34,38)/t27-,28?/m1/s1. The van der Waals surface area contributed by atoms with Crippen molar-refractivity contribution in [2.24, 2.45) is 0 Å². The van der Waals surface area contributed by atoms with Gasteiger partial charge in [0.05, 0.1) is 20.8 Å². The molecule has 1 aliphatic heterocycles. The number of ether oxygens (including phenoxy) is 4. The summed E-state index contributed by atoms with van der Waals surface area (Å²) in [5, 5.41) is 2.75. The van der Waals surface area contributed by atoms with Crippen LogP contribution >= 0.6 is 0 Å². The number of alkyl carbamates (subject to hydrolysis) is 1. The molecule has 0 aliphatic carbocycles. The zero-order valence-electron chi connectivity index (χ0n) is 24.1. The van der Waals surface area contributed by atoms with Crippen LogP contribution < -0.4 is 14.8 Å². The highest BCUT2D eigenvalue weighted by Gasteiger charge is 2.37. The van der Waals surface area contributed by atoms with Gasteiger partial charge in [-0.15, -0.1) is 0 Å². The first kappa shape index (κ1) is 30.4. The van der Waals surface area contributed by atoms with Crippen LogP contribution in [0.2, 0.25) is 0 Å². The number of carbonyl (C=O) groups is 3. The Morgan fingerprint density at radius 1 is 0.833 bits per heavy atom. The van der Waals surface area contributed by atoms with E-state index in [1.807, 2.05) is 78.9 Å². The Morgan fingerprint density at radius 2 is 1.52 bits per heavy atom. The minimum absolute atomic E-state index is 0.0810. The van der Waals surface area contributed by atoms with E-state index >= 15 is 0 Å². The van der Waals surface area contributed by atoms with E-state index in [4.69, 9.17) is 18.9 Å². The highest BCUT2D eigenvalue weighted by molar-refractivity contribution is 5.90. The van der Waals surface area contributed by atoms with E-state index in [1.165, 1.54) is 0 Å². The van der Waals surface area contributed by atoms with Crippen LogP contribution in [0.3, 0.4) is 0 Å². The van der Waals surface area contributed by atoms with Crippen LogP contribution in [0.5, 0.6) is 11.5 Å². The molecule has 1 aliphatic rings. The molecule has 4 rings (SSSR count). The Labute approximate surface area is 246 Å². The number of carbonyl (C=O) groups excluding carboxylic acids is 3. The van der Waals surface area contributed by atoms with Gasteiger partial charge >= 0.3 is 12.1 Å². The molecule has 0 spiro atoms. The van der Waals surface area contributed by atoms with Gasteiger partial charge in [0.2, 0.25) is 5.91 Å². The molecule has 0 aromatic heterocycles. The summed E-state index contributed by atoms with van der Waals surface area (Å²) in [6.07, 6.45) is 2.11. The number of nitrogens with zero attached hydrogens (tertiary/aromatic N) is 1. The van der Waals surface area contributed by atoms with Gasteiger partial charge in [0, 0.05) is 19.4 Å². The molecule has 0 bridgehead atoms. The molecule has 1 N–H and O–H groups in total. The number of methoxy groups -OCH3 is 2. The predicted molar refractivity (Wildman–Crippen MR) is 157 cm³/mol. The maximum absolute atomic E-state index is 13.9. The van der Waals surface area contributed by atoms with Gasteiger partial charge in [0.25, 0.3) is 0 Å². The first-order chi connectivity index (χ1) is 20.5. The van der Waals surface area contributed by atoms with Gasteiger partial charge in [0.1, 0.15) is 18.7 Å². The van der Waals surface area contributed by atoms with E-state index in [0.717, 1.165) is 29.5 Å². The highest BCUT2D eigenvalue weighted by Crippen LogP contribution is 2.28. The van der Waals surface area contributed by atoms with Crippen LogP contribution in [-0.4, -0.2) is 62.3 Å². The SMILES string of the molecule is COc1ccc(CCOC(=O)C2CCCCN2C(=O)[C@@H](Cc2ccccc2)NC(=O)OCc2ccccc2)cc1OC. The second kappa shape index (κ2) is 15.5. The maximum atomic E-state index is 13.9. The van der Waals surface area contributed by atoms with Gasteiger partial charge in [0.15, 0.2) is 11.5 Å². The van der Waals surface area contributed by atoms with Crippen LogP contribution in [0.1, 0.15) is 36.0 Å². The Morgan fingerprint density at radius 3 is 2.21 bits per heavy atom. The van der Waals surface area contributed by atoms with E-state index in [0.29, 0.717) is 30.9 Å². The fourth-order valence-electron chi connectivity index (χ4n) is 5.00. The number of benzene rings is 3. The number of nitrogens with one attached hydrogen (secondary N) is 1. The summed E-state index contributed by atoms with van der Waals surface area (Å²) in [7, 11) is 3.14. The molecule has 0 saturated carbocycles. The van der Waals surface area contributed by atoms with Gasteiger partial charge in [-0.25, -0.2) is 9.59 Å². The van der Waals surface area contributed by atoms with Gasteiger partial charge < -0.3 is 29.2 Å². The lowest BCUT2D eigenvalue weighted by atomic mass is 9.98. The van der Waals surface area contributed by atoms with Crippen LogP contribution in [0.25, 0.3) is 0 Å². The third-order valence-corrected chi connectivity index (χ3v) is 7.23. The summed E-state index contributed by atoms with van der Waals surface area (Å²) >= 11 is 0. The summed E-state index contributed by atoms with van der Waals surface area (Å²) in [6, 6.07) is 22.7. The van der Waals surface area contributed by atoms with E-state index in [1.54, 1.807) is 19.1 Å².